The van der Waals surface area contributed by atoms with Gasteiger partial charge in [0, 0.05) is 18.1 Å². The Hall–Kier alpha value is -2.41. The molecule has 0 N–H and O–H groups in total. The van der Waals surface area contributed by atoms with Crippen molar-refractivity contribution >= 4 is 29.1 Å². The molecule has 0 radical (unpaired) electrons. The number of hydrogen-bond acceptors (Lipinski definition) is 5. The highest BCUT2D eigenvalue weighted by molar-refractivity contribution is 6.31. The van der Waals surface area contributed by atoms with E-state index in [1.165, 1.54) is 4.90 Å². The number of imide groups is 1. The summed E-state index contributed by atoms with van der Waals surface area (Å²) in [6, 6.07) is 14.1. The minimum absolute atomic E-state index is 0.146. The molecule has 144 valence electrons. The van der Waals surface area contributed by atoms with E-state index in [2.05, 4.69) is 10.0 Å². The van der Waals surface area contributed by atoms with Crippen molar-refractivity contribution in [3.05, 3.63) is 59.1 Å². The van der Waals surface area contributed by atoms with E-state index in [9.17, 15) is 9.59 Å². The summed E-state index contributed by atoms with van der Waals surface area (Å²) in [6.07, 6.45) is 0.984. The van der Waals surface area contributed by atoms with Crippen LogP contribution in [0.15, 0.2) is 48.5 Å². The van der Waals surface area contributed by atoms with Gasteiger partial charge in [0.15, 0.2) is 0 Å². The number of benzene rings is 2. The van der Waals surface area contributed by atoms with E-state index in [0.29, 0.717) is 10.7 Å². The molecule has 2 aromatic rings. The van der Waals surface area contributed by atoms with Gasteiger partial charge in [0.1, 0.15) is 11.8 Å². The molecule has 0 saturated carbocycles. The molecule has 0 bridgehead atoms. The van der Waals surface area contributed by atoms with Gasteiger partial charge in [-0.15, -0.1) is 0 Å². The van der Waals surface area contributed by atoms with Crippen LogP contribution in [0.5, 0.6) is 5.75 Å². The number of methoxy groups -OCH3 is 1. The van der Waals surface area contributed by atoms with Crippen LogP contribution < -0.4 is 9.64 Å². The SMILES string of the molecule is COc1ccc([C@@H]2[C@H]3C(=O)N(c4ccc(Cl)cc4)C(=O)[C@@H]3N3CCCN23)cc1. The number of carbonyl (C=O) groups is 2. The maximum atomic E-state index is 13.4. The number of nitrogens with zero attached hydrogens (tertiary/aromatic N) is 3. The van der Waals surface area contributed by atoms with Gasteiger partial charge in [0.25, 0.3) is 5.91 Å². The maximum Gasteiger partial charge on any atom is 0.253 e. The lowest BCUT2D eigenvalue weighted by Crippen LogP contribution is -2.44. The molecule has 0 aliphatic carbocycles. The third-order valence-corrected chi connectivity index (χ3v) is 6.20. The largest absolute Gasteiger partial charge is 0.497 e. The fraction of sp³-hybridized carbons (Fsp3) is 0.333. The zero-order chi connectivity index (χ0) is 19.4. The molecular weight excluding hydrogens is 378 g/mol. The van der Waals surface area contributed by atoms with Crippen molar-refractivity contribution in [1.82, 2.24) is 10.0 Å². The zero-order valence-corrected chi connectivity index (χ0v) is 16.2. The average Bonchev–Trinajstić information content (AvgIpc) is 3.35. The summed E-state index contributed by atoms with van der Waals surface area (Å²) < 4.78 is 5.26. The number of hydrazine groups is 1. The number of carbonyl (C=O) groups excluding carboxylic acids is 2. The van der Waals surface area contributed by atoms with Crippen molar-refractivity contribution in [3.63, 3.8) is 0 Å². The second-order valence-electron chi connectivity index (χ2n) is 7.36. The van der Waals surface area contributed by atoms with E-state index in [0.717, 1.165) is 30.8 Å². The summed E-state index contributed by atoms with van der Waals surface area (Å²) in [7, 11) is 1.63. The van der Waals surface area contributed by atoms with Crippen molar-refractivity contribution in [2.24, 2.45) is 5.92 Å². The second-order valence-corrected chi connectivity index (χ2v) is 7.79. The molecule has 0 spiro atoms. The van der Waals surface area contributed by atoms with Gasteiger partial charge in [0.2, 0.25) is 5.91 Å². The first-order valence-electron chi connectivity index (χ1n) is 9.40. The first-order chi connectivity index (χ1) is 13.6. The van der Waals surface area contributed by atoms with Crippen molar-refractivity contribution < 1.29 is 14.3 Å². The van der Waals surface area contributed by atoms with E-state index in [4.69, 9.17) is 16.3 Å². The predicted molar refractivity (Wildman–Crippen MR) is 105 cm³/mol. The molecule has 2 aromatic carbocycles. The Morgan fingerprint density at radius 1 is 0.893 bits per heavy atom. The van der Waals surface area contributed by atoms with Gasteiger partial charge in [-0.05, 0) is 48.4 Å². The Morgan fingerprint density at radius 3 is 2.18 bits per heavy atom. The molecule has 2 amide bonds. The van der Waals surface area contributed by atoms with Crippen LogP contribution in [0.2, 0.25) is 5.02 Å². The van der Waals surface area contributed by atoms with Crippen molar-refractivity contribution in [2.45, 2.75) is 18.5 Å². The van der Waals surface area contributed by atoms with Crippen LogP contribution in [0.4, 0.5) is 5.69 Å². The van der Waals surface area contributed by atoms with Crippen LogP contribution in [0.1, 0.15) is 18.0 Å². The summed E-state index contributed by atoms with van der Waals surface area (Å²) in [5.74, 6) is 0.0536. The summed E-state index contributed by atoms with van der Waals surface area (Å²) in [4.78, 5) is 28.0. The smallest absolute Gasteiger partial charge is 0.253 e. The molecule has 3 aliphatic heterocycles. The number of halogens is 1. The van der Waals surface area contributed by atoms with Gasteiger partial charge < -0.3 is 4.74 Å². The van der Waals surface area contributed by atoms with Crippen LogP contribution in [-0.4, -0.2) is 48.1 Å². The fourth-order valence-electron chi connectivity index (χ4n) is 4.76. The lowest BCUT2D eigenvalue weighted by atomic mass is 9.90. The molecule has 0 unspecified atom stereocenters. The standard InChI is InChI=1S/C21H20ClN3O3/c1-28-16-9-3-13(4-10-16)18-17-19(24-12-2-11-23(18)24)21(27)25(20(17)26)15-7-5-14(22)6-8-15/h3-10,17-19H,2,11-12H2,1H3/t17-,18-,19-/m1/s1. The maximum absolute atomic E-state index is 13.4. The molecule has 3 atom stereocenters. The highest BCUT2D eigenvalue weighted by Crippen LogP contribution is 2.49. The van der Waals surface area contributed by atoms with Gasteiger partial charge >= 0.3 is 0 Å². The number of hydrogen-bond donors (Lipinski definition) is 0. The normalized spacial score (nSPS) is 27.4. The van der Waals surface area contributed by atoms with E-state index < -0.39 is 12.0 Å². The Labute approximate surface area is 168 Å². The summed E-state index contributed by atoms with van der Waals surface area (Å²) in [5.41, 5.74) is 1.60. The summed E-state index contributed by atoms with van der Waals surface area (Å²) in [5, 5.41) is 4.87. The van der Waals surface area contributed by atoms with Gasteiger partial charge in [-0.3, -0.25) is 9.59 Å². The Kier molecular flexibility index (Phi) is 4.16. The highest BCUT2D eigenvalue weighted by Gasteiger charge is 2.62. The molecule has 6 nitrogen and oxygen atoms in total. The average molecular weight is 398 g/mol. The van der Waals surface area contributed by atoms with Gasteiger partial charge in [-0.2, -0.15) is 0 Å². The monoisotopic (exact) mass is 397 g/mol. The summed E-state index contributed by atoms with van der Waals surface area (Å²) >= 11 is 5.97. The Balaban J connectivity index is 1.55. The predicted octanol–water partition coefficient (Wildman–Crippen LogP) is 2.88. The van der Waals surface area contributed by atoms with Crippen molar-refractivity contribution in [1.29, 1.82) is 0 Å². The second kappa shape index (κ2) is 6.58. The number of rotatable bonds is 3. The zero-order valence-electron chi connectivity index (χ0n) is 15.4. The number of anilines is 1. The highest BCUT2D eigenvalue weighted by atomic mass is 35.5. The third-order valence-electron chi connectivity index (χ3n) is 5.95. The van der Waals surface area contributed by atoms with Crippen LogP contribution in [0.25, 0.3) is 0 Å². The fourth-order valence-corrected chi connectivity index (χ4v) is 4.89. The minimum atomic E-state index is -0.447. The van der Waals surface area contributed by atoms with Crippen molar-refractivity contribution in [3.8, 4) is 5.75 Å². The van der Waals surface area contributed by atoms with Crippen LogP contribution >= 0.6 is 11.6 Å². The van der Waals surface area contributed by atoms with Gasteiger partial charge in [-0.1, -0.05) is 23.7 Å². The van der Waals surface area contributed by atoms with Crippen LogP contribution in [-0.2, 0) is 9.59 Å². The first kappa shape index (κ1) is 17.7. The van der Waals surface area contributed by atoms with Gasteiger partial charge in [-0.25, -0.2) is 14.9 Å². The molecule has 28 heavy (non-hydrogen) atoms. The third kappa shape index (κ3) is 2.49. The number of fused-ring (bicyclic) bond motifs is 3. The molecule has 5 rings (SSSR count). The molecule has 3 heterocycles. The molecule has 3 aliphatic rings. The Bertz CT molecular complexity index is 931. The van der Waals surface area contributed by atoms with Crippen LogP contribution in [0.3, 0.4) is 0 Å². The molecule has 0 aromatic heterocycles. The van der Waals surface area contributed by atoms with E-state index in [1.807, 2.05) is 24.3 Å². The molecule has 3 fully saturated rings. The molecule has 7 heteroatoms. The van der Waals surface area contributed by atoms with Gasteiger partial charge in [0.05, 0.1) is 24.8 Å². The minimum Gasteiger partial charge on any atom is -0.497 e. The van der Waals surface area contributed by atoms with E-state index in [1.54, 1.807) is 31.4 Å². The number of ether oxygens (including phenoxy) is 1. The molecule has 3 saturated heterocycles. The van der Waals surface area contributed by atoms with Crippen LogP contribution in [0, 0.1) is 5.92 Å². The number of amides is 2. The quantitative estimate of drug-likeness (QED) is 0.745. The Morgan fingerprint density at radius 2 is 1.54 bits per heavy atom. The van der Waals surface area contributed by atoms with E-state index >= 15 is 0 Å². The topological polar surface area (TPSA) is 53.1 Å². The summed E-state index contributed by atoms with van der Waals surface area (Å²) in [6.45, 7) is 1.65. The molecular formula is C21H20ClN3O3. The lowest BCUT2D eigenvalue weighted by molar-refractivity contribution is -0.126. The lowest BCUT2D eigenvalue weighted by Gasteiger charge is -2.29. The first-order valence-corrected chi connectivity index (χ1v) is 9.78. The van der Waals surface area contributed by atoms with E-state index in [-0.39, 0.29) is 17.9 Å². The van der Waals surface area contributed by atoms with Crippen molar-refractivity contribution in [2.75, 3.05) is 25.1 Å².